The van der Waals surface area contributed by atoms with Gasteiger partial charge in [0.2, 0.25) is 0 Å². The fourth-order valence-electron chi connectivity index (χ4n) is 2.42. The molecule has 0 aliphatic rings. The predicted octanol–water partition coefficient (Wildman–Crippen LogP) is 4.06. The number of benzene rings is 2. The first-order chi connectivity index (χ1) is 12.5. The number of esters is 1. The summed E-state index contributed by atoms with van der Waals surface area (Å²) < 4.78 is 16.1. The third-order valence-electron chi connectivity index (χ3n) is 3.81. The summed E-state index contributed by atoms with van der Waals surface area (Å²) in [5.41, 5.74) is 1.61. The van der Waals surface area contributed by atoms with Crippen molar-refractivity contribution >= 4 is 11.7 Å². The van der Waals surface area contributed by atoms with E-state index in [-0.39, 0.29) is 5.69 Å². The molecule has 2 aromatic carbocycles. The molecule has 138 valence electrons. The molecule has 2 rings (SSSR count). The molecule has 0 heterocycles. The van der Waals surface area contributed by atoms with E-state index in [1.54, 1.807) is 44.4 Å². The van der Waals surface area contributed by atoms with Crippen LogP contribution in [0.15, 0.2) is 42.5 Å². The van der Waals surface area contributed by atoms with E-state index in [9.17, 15) is 14.9 Å². The number of rotatable bonds is 8. The molecule has 0 amide bonds. The van der Waals surface area contributed by atoms with Gasteiger partial charge in [-0.2, -0.15) is 0 Å². The molecule has 7 heteroatoms. The Kier molecular flexibility index (Phi) is 6.68. The summed E-state index contributed by atoms with van der Waals surface area (Å²) in [6, 6.07) is 11.0. The van der Waals surface area contributed by atoms with Crippen molar-refractivity contribution in [2.75, 3.05) is 13.7 Å². The van der Waals surface area contributed by atoms with E-state index in [2.05, 4.69) is 0 Å². The summed E-state index contributed by atoms with van der Waals surface area (Å²) in [4.78, 5) is 22.8. The number of hydrogen-bond acceptors (Lipinski definition) is 6. The first kappa shape index (κ1) is 19.4. The summed E-state index contributed by atoms with van der Waals surface area (Å²) in [5, 5.41) is 10.9. The van der Waals surface area contributed by atoms with Gasteiger partial charge in [-0.25, -0.2) is 4.79 Å². The lowest BCUT2D eigenvalue weighted by Crippen LogP contribution is -2.10. The molecule has 0 spiro atoms. The molecule has 0 N–H and O–H groups in total. The lowest BCUT2D eigenvalue weighted by atomic mass is 10.1. The second kappa shape index (κ2) is 8.96. The van der Waals surface area contributed by atoms with E-state index in [1.165, 1.54) is 12.1 Å². The van der Waals surface area contributed by atoms with Crippen LogP contribution in [0, 0.1) is 10.1 Å². The number of carbonyl (C=O) groups is 1. The van der Waals surface area contributed by atoms with Crippen molar-refractivity contribution in [2.24, 2.45) is 0 Å². The van der Waals surface area contributed by atoms with Crippen molar-refractivity contribution in [2.45, 2.75) is 26.6 Å². The highest BCUT2D eigenvalue weighted by Gasteiger charge is 2.17. The standard InChI is InChI=1S/C19H21NO6/c1-4-25-12-16-10-15(8-9-18(16)24-3)19(21)26-13(2)14-6-5-7-17(11-14)20(22)23/h5-11,13H,4,12H2,1-3H3/t13-/m0/s1. The summed E-state index contributed by atoms with van der Waals surface area (Å²) in [6.07, 6.45) is -0.625. The number of nitrogens with zero attached hydrogens (tertiary/aromatic N) is 1. The van der Waals surface area contributed by atoms with Gasteiger partial charge >= 0.3 is 5.97 Å². The molecule has 26 heavy (non-hydrogen) atoms. The van der Waals surface area contributed by atoms with Crippen LogP contribution in [0.1, 0.15) is 41.4 Å². The molecule has 0 unspecified atom stereocenters. The number of ether oxygens (including phenoxy) is 3. The monoisotopic (exact) mass is 359 g/mol. The maximum absolute atomic E-state index is 12.4. The zero-order chi connectivity index (χ0) is 19.1. The van der Waals surface area contributed by atoms with Crippen LogP contribution in [0.2, 0.25) is 0 Å². The van der Waals surface area contributed by atoms with Crippen molar-refractivity contribution in [3.63, 3.8) is 0 Å². The predicted molar refractivity (Wildman–Crippen MR) is 95.3 cm³/mol. The topological polar surface area (TPSA) is 87.9 Å². The zero-order valence-corrected chi connectivity index (χ0v) is 14.9. The molecule has 0 radical (unpaired) electrons. The van der Waals surface area contributed by atoms with Crippen molar-refractivity contribution in [3.05, 3.63) is 69.3 Å². The number of methoxy groups -OCH3 is 1. The van der Waals surface area contributed by atoms with Gasteiger partial charge < -0.3 is 14.2 Å². The van der Waals surface area contributed by atoms with Crippen LogP contribution in [-0.2, 0) is 16.1 Å². The van der Waals surface area contributed by atoms with Crippen LogP contribution in [0.4, 0.5) is 5.69 Å². The number of non-ortho nitro benzene ring substituents is 1. The van der Waals surface area contributed by atoms with Crippen molar-refractivity contribution in [1.29, 1.82) is 0 Å². The normalized spacial score (nSPS) is 11.7. The molecular formula is C19H21NO6. The average molecular weight is 359 g/mol. The van der Waals surface area contributed by atoms with Gasteiger partial charge in [-0.1, -0.05) is 12.1 Å². The quantitative estimate of drug-likeness (QED) is 0.401. The molecule has 0 aliphatic heterocycles. The lowest BCUT2D eigenvalue weighted by Gasteiger charge is -2.15. The average Bonchev–Trinajstić information content (AvgIpc) is 2.66. The van der Waals surface area contributed by atoms with Crippen molar-refractivity contribution in [3.8, 4) is 5.75 Å². The van der Waals surface area contributed by atoms with Gasteiger partial charge in [0.25, 0.3) is 5.69 Å². The highest BCUT2D eigenvalue weighted by molar-refractivity contribution is 5.90. The fourth-order valence-corrected chi connectivity index (χ4v) is 2.42. The van der Waals surface area contributed by atoms with Gasteiger partial charge in [0.1, 0.15) is 11.9 Å². The van der Waals surface area contributed by atoms with E-state index in [1.807, 2.05) is 6.92 Å². The second-order valence-electron chi connectivity index (χ2n) is 5.56. The SMILES string of the molecule is CCOCc1cc(C(=O)O[C@@H](C)c2cccc([N+](=O)[O-])c2)ccc1OC. The van der Waals surface area contributed by atoms with Gasteiger partial charge in [0.05, 0.1) is 24.2 Å². The van der Waals surface area contributed by atoms with Crippen LogP contribution in [-0.4, -0.2) is 24.6 Å². The summed E-state index contributed by atoms with van der Waals surface area (Å²) in [7, 11) is 1.55. The molecule has 0 saturated carbocycles. The second-order valence-corrected chi connectivity index (χ2v) is 5.56. The molecular weight excluding hydrogens is 338 g/mol. The summed E-state index contributed by atoms with van der Waals surface area (Å²) >= 11 is 0. The highest BCUT2D eigenvalue weighted by Crippen LogP contribution is 2.25. The Balaban J connectivity index is 2.16. The van der Waals surface area contributed by atoms with Gasteiger partial charge in [0, 0.05) is 24.3 Å². The van der Waals surface area contributed by atoms with E-state index in [0.717, 1.165) is 5.56 Å². The Bertz CT molecular complexity index is 789. The summed E-state index contributed by atoms with van der Waals surface area (Å²) in [6.45, 7) is 4.41. The van der Waals surface area contributed by atoms with Crippen LogP contribution in [0.25, 0.3) is 0 Å². The highest BCUT2D eigenvalue weighted by atomic mass is 16.6. The molecule has 0 fully saturated rings. The first-order valence-electron chi connectivity index (χ1n) is 8.16. The van der Waals surface area contributed by atoms with Crippen LogP contribution >= 0.6 is 0 Å². The van der Waals surface area contributed by atoms with Gasteiger partial charge in [0.15, 0.2) is 0 Å². The summed E-state index contributed by atoms with van der Waals surface area (Å²) in [5.74, 6) is 0.103. The van der Waals surface area contributed by atoms with E-state index in [4.69, 9.17) is 14.2 Å². The Hall–Kier alpha value is -2.93. The van der Waals surface area contributed by atoms with E-state index in [0.29, 0.717) is 30.1 Å². The number of carbonyl (C=O) groups excluding carboxylic acids is 1. The minimum atomic E-state index is -0.625. The largest absolute Gasteiger partial charge is 0.496 e. The lowest BCUT2D eigenvalue weighted by molar-refractivity contribution is -0.385. The van der Waals surface area contributed by atoms with Crippen molar-refractivity contribution < 1.29 is 23.9 Å². The number of hydrogen-bond donors (Lipinski definition) is 0. The molecule has 0 aromatic heterocycles. The van der Waals surface area contributed by atoms with Crippen molar-refractivity contribution in [1.82, 2.24) is 0 Å². The third kappa shape index (κ3) is 4.80. The Labute approximate surface area is 151 Å². The maximum Gasteiger partial charge on any atom is 0.338 e. The van der Waals surface area contributed by atoms with E-state index < -0.39 is 17.0 Å². The first-order valence-corrected chi connectivity index (χ1v) is 8.16. The molecule has 1 atom stereocenters. The Morgan fingerprint density at radius 3 is 2.65 bits per heavy atom. The minimum Gasteiger partial charge on any atom is -0.496 e. The van der Waals surface area contributed by atoms with E-state index >= 15 is 0 Å². The maximum atomic E-state index is 12.4. The Morgan fingerprint density at radius 1 is 1.23 bits per heavy atom. The molecule has 0 bridgehead atoms. The number of nitro groups is 1. The van der Waals surface area contributed by atoms with Crippen LogP contribution in [0.3, 0.4) is 0 Å². The van der Waals surface area contributed by atoms with Gasteiger partial charge in [-0.3, -0.25) is 10.1 Å². The smallest absolute Gasteiger partial charge is 0.338 e. The van der Waals surface area contributed by atoms with Crippen LogP contribution < -0.4 is 4.74 Å². The molecule has 7 nitrogen and oxygen atoms in total. The molecule has 2 aromatic rings. The van der Waals surface area contributed by atoms with Crippen LogP contribution in [0.5, 0.6) is 5.75 Å². The zero-order valence-electron chi connectivity index (χ0n) is 14.9. The van der Waals surface area contributed by atoms with Gasteiger partial charge in [-0.15, -0.1) is 0 Å². The molecule has 0 saturated heterocycles. The minimum absolute atomic E-state index is 0.0474. The van der Waals surface area contributed by atoms with Gasteiger partial charge in [-0.05, 0) is 37.6 Å². The third-order valence-corrected chi connectivity index (χ3v) is 3.81. The molecule has 0 aliphatic carbocycles. The Morgan fingerprint density at radius 2 is 2.00 bits per heavy atom. The number of nitro benzene ring substituents is 1. The fraction of sp³-hybridized carbons (Fsp3) is 0.316.